The van der Waals surface area contributed by atoms with Crippen molar-refractivity contribution in [2.75, 3.05) is 4.90 Å². The Balaban J connectivity index is 0.910. The van der Waals surface area contributed by atoms with Crippen LogP contribution in [-0.2, 0) is 0 Å². The van der Waals surface area contributed by atoms with Gasteiger partial charge in [-0.15, -0.1) is 0 Å². The smallest absolute Gasteiger partial charge is 0.137 e. The maximum absolute atomic E-state index is 6.37. The second kappa shape index (κ2) is 15.1. The second-order valence-electron chi connectivity index (χ2n) is 18.4. The molecule has 15 aromatic rings. The highest BCUT2D eigenvalue weighted by molar-refractivity contribution is 6.26. The Morgan fingerprint density at radius 3 is 1.43 bits per heavy atom. The average Bonchev–Trinajstić information content (AvgIpc) is 4.11. The van der Waals surface area contributed by atoms with Crippen LogP contribution in [0, 0.1) is 0 Å². The highest BCUT2D eigenvalue weighted by Crippen LogP contribution is 2.45. The summed E-state index contributed by atoms with van der Waals surface area (Å²) in [5.74, 6) is 0. The Bertz CT molecular complexity index is 4560. The zero-order valence-corrected chi connectivity index (χ0v) is 37.8. The second-order valence-corrected chi connectivity index (χ2v) is 18.4. The predicted octanol–water partition coefficient (Wildman–Crippen LogP) is 18.8. The summed E-state index contributed by atoms with van der Waals surface area (Å²) in [5, 5.41) is 14.4. The molecule has 70 heavy (non-hydrogen) atoms. The summed E-state index contributed by atoms with van der Waals surface area (Å²) < 4.78 is 15.1. The molecule has 0 aliphatic rings. The third-order valence-corrected chi connectivity index (χ3v) is 14.6. The van der Waals surface area contributed by atoms with Crippen molar-refractivity contribution < 1.29 is 8.83 Å². The highest BCUT2D eigenvalue weighted by Gasteiger charge is 2.21. The van der Waals surface area contributed by atoms with E-state index in [2.05, 4.69) is 228 Å². The van der Waals surface area contributed by atoms with Gasteiger partial charge in [0.25, 0.3) is 0 Å². The maximum atomic E-state index is 6.37. The molecule has 0 radical (unpaired) electrons. The van der Waals surface area contributed by atoms with Gasteiger partial charge in [-0.25, -0.2) is 0 Å². The third kappa shape index (κ3) is 5.84. The molecule has 15 rings (SSSR count). The van der Waals surface area contributed by atoms with E-state index < -0.39 is 0 Å². The first-order valence-corrected chi connectivity index (χ1v) is 23.9. The van der Waals surface area contributed by atoms with E-state index in [0.29, 0.717) is 0 Å². The Kier molecular flexibility index (Phi) is 8.33. The standard InChI is InChI=1S/C66H40N2O2/c1-2-13-45(14-3-1)67(61-21-12-24-65-66(61)54-20-9-11-23-63(54)70-65)46-30-25-41(26-31-46)42-27-34-59-56(37-42)57-38-43(44-29-36-64-58(39-44)53-19-8-10-22-62(53)69-64)28-35-60(57)68(59)47-32-33-52-50-17-5-4-15-48(50)49-16-6-7-18-51(49)55(52)40-47/h1-40H. The van der Waals surface area contributed by atoms with Gasteiger partial charge < -0.3 is 18.3 Å². The molecule has 0 saturated carbocycles. The molecule has 0 amide bonds. The first kappa shape index (κ1) is 38.7. The van der Waals surface area contributed by atoms with Crippen LogP contribution in [0.1, 0.15) is 0 Å². The fourth-order valence-electron chi connectivity index (χ4n) is 11.4. The van der Waals surface area contributed by atoms with Gasteiger partial charge in [-0.3, -0.25) is 0 Å². The summed E-state index contributed by atoms with van der Waals surface area (Å²) in [5.41, 5.74) is 14.8. The highest BCUT2D eigenvalue weighted by atomic mass is 16.3. The Labute approximate surface area is 402 Å². The van der Waals surface area contributed by atoms with E-state index in [0.717, 1.165) is 99.9 Å². The van der Waals surface area contributed by atoms with Crippen molar-refractivity contribution in [1.82, 2.24) is 4.57 Å². The van der Waals surface area contributed by atoms with Crippen LogP contribution < -0.4 is 4.90 Å². The minimum atomic E-state index is 0.868. The van der Waals surface area contributed by atoms with Crippen LogP contribution in [0.4, 0.5) is 17.1 Å². The fourth-order valence-corrected chi connectivity index (χ4v) is 11.4. The third-order valence-electron chi connectivity index (χ3n) is 14.6. The van der Waals surface area contributed by atoms with Gasteiger partial charge >= 0.3 is 0 Å². The molecule has 12 aromatic carbocycles. The molecular weight excluding hydrogens is 853 g/mol. The number of hydrogen-bond donors (Lipinski definition) is 0. The van der Waals surface area contributed by atoms with Gasteiger partial charge in [-0.05, 0) is 152 Å². The van der Waals surface area contributed by atoms with Crippen molar-refractivity contribution in [3.8, 4) is 27.9 Å². The zero-order chi connectivity index (χ0) is 45.9. The van der Waals surface area contributed by atoms with Crippen LogP contribution in [0.3, 0.4) is 0 Å². The van der Waals surface area contributed by atoms with Crippen LogP contribution in [0.25, 0.3) is 126 Å². The monoisotopic (exact) mass is 892 g/mol. The molecule has 0 bridgehead atoms. The molecule has 0 unspecified atom stereocenters. The van der Waals surface area contributed by atoms with E-state index in [4.69, 9.17) is 8.83 Å². The number of aromatic nitrogens is 1. The molecule has 3 aromatic heterocycles. The molecule has 0 fully saturated rings. The first-order chi connectivity index (χ1) is 34.7. The van der Waals surface area contributed by atoms with Crippen LogP contribution in [0.15, 0.2) is 251 Å². The molecular formula is C66H40N2O2. The van der Waals surface area contributed by atoms with Gasteiger partial charge in [-0.1, -0.05) is 146 Å². The summed E-state index contributed by atoms with van der Waals surface area (Å²) in [7, 11) is 0. The average molecular weight is 893 g/mol. The largest absolute Gasteiger partial charge is 0.456 e. The van der Waals surface area contributed by atoms with Crippen molar-refractivity contribution >= 4 is 115 Å². The van der Waals surface area contributed by atoms with Gasteiger partial charge in [0.1, 0.15) is 22.3 Å². The summed E-state index contributed by atoms with van der Waals surface area (Å²) in [6.07, 6.45) is 0. The van der Waals surface area contributed by atoms with Crippen molar-refractivity contribution in [2.24, 2.45) is 0 Å². The van der Waals surface area contributed by atoms with E-state index in [9.17, 15) is 0 Å². The molecule has 4 nitrogen and oxygen atoms in total. The quantitative estimate of drug-likeness (QED) is 0.156. The molecule has 4 heteroatoms. The first-order valence-electron chi connectivity index (χ1n) is 23.9. The molecule has 0 saturated heterocycles. The van der Waals surface area contributed by atoms with Crippen molar-refractivity contribution in [1.29, 1.82) is 0 Å². The van der Waals surface area contributed by atoms with Crippen LogP contribution in [0.5, 0.6) is 0 Å². The molecule has 0 aliphatic carbocycles. The van der Waals surface area contributed by atoms with E-state index in [1.165, 1.54) is 43.1 Å². The number of para-hydroxylation sites is 3. The SMILES string of the molecule is c1ccc(N(c2ccc(-c3ccc4c(c3)c3cc(-c5ccc6oc7ccccc7c6c5)ccc3n4-c3ccc4c5ccccc5c5ccccc5c4c3)cc2)c2cccc3oc4ccccc4c23)cc1. The molecule has 0 atom stereocenters. The van der Waals surface area contributed by atoms with Gasteiger partial charge in [0.05, 0.1) is 22.1 Å². The van der Waals surface area contributed by atoms with Crippen molar-refractivity contribution in [2.45, 2.75) is 0 Å². The lowest BCUT2D eigenvalue weighted by molar-refractivity contribution is 0.668. The van der Waals surface area contributed by atoms with Gasteiger partial charge in [0, 0.05) is 44.0 Å². The minimum Gasteiger partial charge on any atom is -0.456 e. The van der Waals surface area contributed by atoms with E-state index >= 15 is 0 Å². The molecule has 326 valence electrons. The number of rotatable bonds is 6. The number of nitrogens with zero attached hydrogens (tertiary/aromatic N) is 2. The number of anilines is 3. The lowest BCUT2D eigenvalue weighted by Gasteiger charge is -2.26. The number of furan rings is 2. The topological polar surface area (TPSA) is 34.5 Å². The molecule has 0 N–H and O–H groups in total. The summed E-state index contributed by atoms with van der Waals surface area (Å²) in [4.78, 5) is 2.34. The van der Waals surface area contributed by atoms with Crippen LogP contribution in [-0.4, -0.2) is 4.57 Å². The summed E-state index contributed by atoms with van der Waals surface area (Å²) in [6, 6.07) is 87.7. The Morgan fingerprint density at radius 1 is 0.271 bits per heavy atom. The molecule has 0 spiro atoms. The van der Waals surface area contributed by atoms with Crippen molar-refractivity contribution in [3.05, 3.63) is 243 Å². The molecule has 3 heterocycles. The van der Waals surface area contributed by atoms with E-state index in [1.807, 2.05) is 24.3 Å². The van der Waals surface area contributed by atoms with E-state index in [1.54, 1.807) is 0 Å². The maximum Gasteiger partial charge on any atom is 0.137 e. The predicted molar refractivity (Wildman–Crippen MR) is 293 cm³/mol. The fraction of sp³-hybridized carbons (Fsp3) is 0. The van der Waals surface area contributed by atoms with Gasteiger partial charge in [0.2, 0.25) is 0 Å². The van der Waals surface area contributed by atoms with E-state index in [-0.39, 0.29) is 0 Å². The number of fused-ring (bicyclic) bond motifs is 15. The van der Waals surface area contributed by atoms with Crippen molar-refractivity contribution in [3.63, 3.8) is 0 Å². The number of benzene rings is 12. The molecule has 0 aliphatic heterocycles. The summed E-state index contributed by atoms with van der Waals surface area (Å²) in [6.45, 7) is 0. The van der Waals surface area contributed by atoms with Gasteiger partial charge in [-0.2, -0.15) is 0 Å². The summed E-state index contributed by atoms with van der Waals surface area (Å²) >= 11 is 0. The van der Waals surface area contributed by atoms with Gasteiger partial charge in [0.15, 0.2) is 0 Å². The van der Waals surface area contributed by atoms with Crippen LogP contribution in [0.2, 0.25) is 0 Å². The normalized spacial score (nSPS) is 12.0. The zero-order valence-electron chi connectivity index (χ0n) is 37.8. The lowest BCUT2D eigenvalue weighted by Crippen LogP contribution is -2.10. The minimum absolute atomic E-state index is 0.868. The Hall–Kier alpha value is -9.38. The Morgan fingerprint density at radius 2 is 0.743 bits per heavy atom. The lowest BCUT2D eigenvalue weighted by atomic mass is 9.94. The van der Waals surface area contributed by atoms with Crippen LogP contribution >= 0.6 is 0 Å². The number of hydrogen-bond acceptors (Lipinski definition) is 3.